The summed E-state index contributed by atoms with van der Waals surface area (Å²) in [6, 6.07) is 109. The van der Waals surface area contributed by atoms with Crippen LogP contribution in [-0.2, 0) is 30.4 Å². The van der Waals surface area contributed by atoms with Crippen LogP contribution in [0.4, 0.5) is 0 Å². The van der Waals surface area contributed by atoms with Crippen LogP contribution >= 0.6 is 0 Å². The van der Waals surface area contributed by atoms with Gasteiger partial charge in [-0.25, -0.2) is 0 Å². The second kappa shape index (κ2) is 21.9. The van der Waals surface area contributed by atoms with Crippen LogP contribution in [0.1, 0.15) is 146 Å². The van der Waals surface area contributed by atoms with E-state index in [0.717, 1.165) is 0 Å². The molecule has 0 spiro atoms. The van der Waals surface area contributed by atoms with E-state index in [1.807, 2.05) is 0 Å². The first-order valence-electron chi connectivity index (χ1n) is 28.9. The molecule has 3 aliphatic rings. The summed E-state index contributed by atoms with van der Waals surface area (Å²) in [6.07, 6.45) is 18.1. The summed E-state index contributed by atoms with van der Waals surface area (Å²) in [5.41, 5.74) is 11.5. The quantitative estimate of drug-likeness (QED) is 0.0898. The maximum absolute atomic E-state index is 2.57. The van der Waals surface area contributed by atoms with Crippen molar-refractivity contribution in [2.45, 2.75) is 125 Å². The van der Waals surface area contributed by atoms with Gasteiger partial charge in [0.1, 0.15) is 0 Å². The Kier molecular flexibility index (Phi) is 14.5. The first-order valence-corrected chi connectivity index (χ1v) is 30.8. The van der Waals surface area contributed by atoms with Crippen molar-refractivity contribution >= 4 is 0 Å². The van der Waals surface area contributed by atoms with Crippen LogP contribution in [-0.4, -0.2) is 0 Å². The molecule has 0 atom stereocenters. The summed E-state index contributed by atoms with van der Waals surface area (Å²) in [7, 11) is 0. The second-order valence-electron chi connectivity index (χ2n) is 22.5. The Bertz CT molecular complexity index is 2550. The standard InChI is InChI=1S/3C25H25.Cr/c3*1-5-13-21(14-6-1)25(22-15-7-2-8-16-22,23-17-9-3-10-18-23)24-19-11-4-12-20-24;/h3*1-3,5-10,13-18H,4,11-12,19-20H2;. The molecule has 0 radical (unpaired) electrons. The van der Waals surface area contributed by atoms with E-state index >= 15 is 0 Å². The van der Waals surface area contributed by atoms with Gasteiger partial charge in [-0.2, -0.15) is 0 Å². The fraction of sp³-hybridized carbons (Fsp3) is 0.280. The van der Waals surface area contributed by atoms with Gasteiger partial charge in [0.15, 0.2) is 0 Å². The monoisotopic (exact) mass is 1030 g/mol. The third-order valence-corrected chi connectivity index (χ3v) is 26.1. The van der Waals surface area contributed by atoms with Gasteiger partial charge in [-0.15, -0.1) is 0 Å². The molecule has 9 aromatic carbocycles. The Labute approximate surface area is 459 Å². The summed E-state index contributed by atoms with van der Waals surface area (Å²) in [5.74, 6) is 0. The molecule has 9 aromatic rings. The van der Waals surface area contributed by atoms with Crippen LogP contribution in [0, 0.1) is 0 Å². The third-order valence-electron chi connectivity index (χ3n) is 19.1. The molecule has 0 nitrogen and oxygen atoms in total. The van der Waals surface area contributed by atoms with Crippen LogP contribution in [0.15, 0.2) is 273 Å². The zero-order valence-electron chi connectivity index (χ0n) is 44.5. The number of rotatable bonds is 15. The zero-order valence-corrected chi connectivity index (χ0v) is 45.8. The van der Waals surface area contributed by atoms with Crippen LogP contribution in [0.2, 0.25) is 12.8 Å². The minimum absolute atomic E-state index is 0.225. The van der Waals surface area contributed by atoms with E-state index in [1.54, 1.807) is 0 Å². The van der Waals surface area contributed by atoms with Gasteiger partial charge in [0.05, 0.1) is 0 Å². The molecule has 381 valence electrons. The summed E-state index contributed by atoms with van der Waals surface area (Å²) in [4.78, 5) is 0. The predicted molar refractivity (Wildman–Crippen MR) is 315 cm³/mol. The van der Waals surface area contributed by atoms with E-state index in [4.69, 9.17) is 0 Å². The van der Waals surface area contributed by atoms with Gasteiger partial charge < -0.3 is 0 Å². The van der Waals surface area contributed by atoms with E-state index in [1.165, 1.54) is 146 Å². The van der Waals surface area contributed by atoms with Gasteiger partial charge in [0, 0.05) is 0 Å². The molecule has 3 fully saturated rings. The molecule has 0 N–H and O–H groups in total. The van der Waals surface area contributed by atoms with Crippen molar-refractivity contribution in [3.05, 3.63) is 323 Å². The molecule has 0 amide bonds. The fourth-order valence-corrected chi connectivity index (χ4v) is 26.6. The molecule has 12 rings (SSSR count). The topological polar surface area (TPSA) is 0 Å². The van der Waals surface area contributed by atoms with E-state index in [0.29, 0.717) is 0 Å². The Morgan fingerprint density at radius 2 is 0.316 bits per heavy atom. The molecule has 3 saturated carbocycles. The molecule has 3 aliphatic carbocycles. The summed E-state index contributed by atoms with van der Waals surface area (Å²) in [6.45, 7) is 0. The molecular weight excluding hydrogens is 953 g/mol. The number of hydrogen-bond acceptors (Lipinski definition) is 0. The minimum atomic E-state index is -2.50. The summed E-state index contributed by atoms with van der Waals surface area (Å²) < 4.78 is -0.675. The average Bonchev–Trinajstić information content (AvgIpc) is 3.63. The van der Waals surface area contributed by atoms with Crippen molar-refractivity contribution in [3.63, 3.8) is 0 Å². The maximum atomic E-state index is 2.57. The van der Waals surface area contributed by atoms with Gasteiger partial charge in [0.2, 0.25) is 0 Å². The van der Waals surface area contributed by atoms with Crippen LogP contribution in [0.5, 0.6) is 0 Å². The van der Waals surface area contributed by atoms with Gasteiger partial charge in [-0.3, -0.25) is 0 Å². The molecule has 1 heteroatoms. The van der Waals surface area contributed by atoms with Crippen molar-refractivity contribution in [2.24, 2.45) is 0 Å². The molecule has 0 saturated heterocycles. The summed E-state index contributed by atoms with van der Waals surface area (Å²) in [5, 5.41) is 0. The normalized spacial score (nSPS) is 17.6. The fourth-order valence-electron chi connectivity index (χ4n) is 16.7. The third kappa shape index (κ3) is 7.89. The Balaban J connectivity index is 1.40. The first kappa shape index (κ1) is 50.3. The average molecular weight is 1030 g/mol. The molecule has 0 aromatic heterocycles. The first-order chi connectivity index (χ1) is 37.7. The molecule has 0 aliphatic heterocycles. The van der Waals surface area contributed by atoms with Crippen molar-refractivity contribution in [3.8, 4) is 0 Å². The van der Waals surface area contributed by atoms with Gasteiger partial charge in [0.25, 0.3) is 0 Å². The van der Waals surface area contributed by atoms with Crippen molar-refractivity contribution in [1.29, 1.82) is 0 Å². The summed E-state index contributed by atoms with van der Waals surface area (Å²) >= 11 is -2.50. The predicted octanol–water partition coefficient (Wildman–Crippen LogP) is 20.1. The van der Waals surface area contributed by atoms with Crippen LogP contribution < -0.4 is 0 Å². The van der Waals surface area contributed by atoms with E-state index in [9.17, 15) is 0 Å². The van der Waals surface area contributed by atoms with E-state index in [-0.39, 0.29) is 12.8 Å². The Hall–Kier alpha value is -6.49. The number of hydrogen-bond donors (Lipinski definition) is 0. The Morgan fingerprint density at radius 3 is 0.447 bits per heavy atom. The number of benzene rings is 9. The van der Waals surface area contributed by atoms with Crippen LogP contribution in [0.3, 0.4) is 0 Å². The molecule has 0 bridgehead atoms. The molecular formula is C75H75Cr. The second-order valence-corrected chi connectivity index (χ2v) is 27.1. The molecule has 0 unspecified atom stereocenters. The van der Waals surface area contributed by atoms with Gasteiger partial charge >= 0.3 is 463 Å². The zero-order chi connectivity index (χ0) is 51.2. The molecule has 0 heterocycles. The van der Waals surface area contributed by atoms with Gasteiger partial charge in [-0.05, 0) is 0 Å². The van der Waals surface area contributed by atoms with Crippen LogP contribution in [0.25, 0.3) is 0 Å². The Morgan fingerprint density at radius 1 is 0.184 bits per heavy atom. The SMILES string of the molecule is c1ccc(C(c2ccccc2)(c2ccccc2)[C]2([Cr]([C]3(C(c4ccccc4)(c4ccccc4)c4ccccc4)CCCCC3)[C]3(C(c4ccccc4)(c4ccccc4)c4ccccc4)CCCCC3)CCCCC2)cc1. The van der Waals surface area contributed by atoms with Crippen molar-refractivity contribution in [1.82, 2.24) is 0 Å². The van der Waals surface area contributed by atoms with E-state index in [2.05, 4.69) is 273 Å². The van der Waals surface area contributed by atoms with Crippen molar-refractivity contribution in [2.75, 3.05) is 0 Å². The molecule has 76 heavy (non-hydrogen) atoms. The van der Waals surface area contributed by atoms with E-state index < -0.39 is 30.4 Å². The van der Waals surface area contributed by atoms with Gasteiger partial charge in [-0.1, -0.05) is 0 Å². The van der Waals surface area contributed by atoms with Crippen molar-refractivity contribution < 1.29 is 14.1 Å².